The van der Waals surface area contributed by atoms with Crippen LogP contribution in [0.2, 0.25) is 0 Å². The number of fused-ring (bicyclic) bond motifs is 1. The third kappa shape index (κ3) is 2.99. The number of hydrogen-bond donors (Lipinski definition) is 1. The lowest BCUT2D eigenvalue weighted by Gasteiger charge is -1.99. The van der Waals surface area contributed by atoms with Gasteiger partial charge in [-0.25, -0.2) is 0 Å². The highest BCUT2D eigenvalue weighted by Crippen LogP contribution is 2.25. The second-order valence-electron chi connectivity index (χ2n) is 5.13. The topological polar surface area (TPSA) is 71.8 Å². The van der Waals surface area contributed by atoms with E-state index in [2.05, 4.69) is 49.8 Å². The van der Waals surface area contributed by atoms with Gasteiger partial charge in [-0.1, -0.05) is 41.7 Å². The molecule has 4 aromatic rings. The molecule has 0 bridgehead atoms. The molecule has 1 N–H and O–H groups in total. The Labute approximate surface area is 141 Å². The van der Waals surface area contributed by atoms with Crippen molar-refractivity contribution < 1.29 is 0 Å². The van der Waals surface area contributed by atoms with E-state index in [1.54, 1.807) is 0 Å². The number of H-pyrrole nitrogens is 1. The van der Waals surface area contributed by atoms with Crippen molar-refractivity contribution in [2.45, 2.75) is 18.4 Å². The van der Waals surface area contributed by atoms with E-state index < -0.39 is 0 Å². The lowest BCUT2D eigenvalue weighted by atomic mass is 10.2. The van der Waals surface area contributed by atoms with Crippen molar-refractivity contribution >= 4 is 28.1 Å². The summed E-state index contributed by atoms with van der Waals surface area (Å²) in [7, 11) is 0. The zero-order valence-electron chi connectivity index (χ0n) is 12.4. The maximum atomic E-state index is 4.60. The largest absolute Gasteiger partial charge is 0.282 e. The van der Waals surface area contributed by atoms with Crippen LogP contribution < -0.4 is 0 Å². The van der Waals surface area contributed by atoms with E-state index in [-0.39, 0.29) is 0 Å². The fourth-order valence-corrected chi connectivity index (χ4v) is 3.92. The molecule has 0 aliphatic heterocycles. The Morgan fingerprint density at radius 1 is 1.17 bits per heavy atom. The second kappa shape index (κ2) is 6.13. The van der Waals surface area contributed by atoms with Gasteiger partial charge in [0.1, 0.15) is 5.69 Å². The summed E-state index contributed by atoms with van der Waals surface area (Å²) in [5.41, 5.74) is 3.18. The summed E-state index contributed by atoms with van der Waals surface area (Å²) >= 11 is 3.31. The fraction of sp³-hybridized carbons (Fsp3) is 0.200. The Morgan fingerprint density at radius 2 is 2.04 bits per heavy atom. The van der Waals surface area contributed by atoms with E-state index >= 15 is 0 Å². The molecule has 0 saturated carbocycles. The van der Waals surface area contributed by atoms with Crippen LogP contribution in [-0.4, -0.2) is 30.0 Å². The lowest BCUT2D eigenvalue weighted by molar-refractivity contribution is 0.884. The Kier molecular flexibility index (Phi) is 3.84. The van der Waals surface area contributed by atoms with Gasteiger partial charge in [0.15, 0.2) is 10.8 Å². The van der Waals surface area contributed by atoms with Gasteiger partial charge in [0.2, 0.25) is 4.96 Å². The van der Waals surface area contributed by atoms with Crippen molar-refractivity contribution in [2.75, 3.05) is 0 Å². The molecule has 4 rings (SSSR count). The summed E-state index contributed by atoms with van der Waals surface area (Å²) in [5.74, 6) is 2.60. The Hall–Kier alpha value is -2.19. The van der Waals surface area contributed by atoms with Gasteiger partial charge in [-0.3, -0.25) is 5.10 Å². The number of hydrogen-bond acceptors (Lipinski definition) is 6. The molecule has 0 spiro atoms. The van der Waals surface area contributed by atoms with Gasteiger partial charge >= 0.3 is 0 Å². The molecule has 0 amide bonds. The number of aromatic nitrogens is 6. The maximum Gasteiger partial charge on any atom is 0.235 e. The summed E-state index contributed by atoms with van der Waals surface area (Å²) in [6.45, 7) is 1.97. The standard InChI is InChI=1S/C15H14N6S2/c1-10-7-12(17-16-10)14-20-21-13(18-19-15(21)23-14)9-22-8-11-5-3-2-4-6-11/h2-7H,8-9H2,1H3,(H,16,17). The van der Waals surface area contributed by atoms with Gasteiger partial charge in [-0.15, -0.1) is 22.0 Å². The molecule has 0 atom stereocenters. The molecule has 3 aromatic heterocycles. The van der Waals surface area contributed by atoms with Gasteiger partial charge in [0, 0.05) is 11.4 Å². The average Bonchev–Trinajstić information content (AvgIpc) is 3.25. The summed E-state index contributed by atoms with van der Waals surface area (Å²) < 4.78 is 1.82. The van der Waals surface area contributed by atoms with Crippen LogP contribution in [0, 0.1) is 6.92 Å². The first-order chi connectivity index (χ1) is 11.3. The molecular formula is C15H14N6S2. The molecule has 0 aliphatic carbocycles. The first-order valence-corrected chi connectivity index (χ1v) is 9.12. The average molecular weight is 342 g/mol. The molecule has 0 fully saturated rings. The molecule has 0 radical (unpaired) electrons. The van der Waals surface area contributed by atoms with Crippen molar-refractivity contribution in [3.63, 3.8) is 0 Å². The van der Waals surface area contributed by atoms with E-state index in [0.29, 0.717) is 0 Å². The SMILES string of the molecule is Cc1cc(-c2nn3c(CSCc4ccccc4)nnc3s2)n[nH]1. The second-order valence-corrected chi connectivity index (χ2v) is 7.07. The molecule has 116 valence electrons. The van der Waals surface area contributed by atoms with Gasteiger partial charge in [-0.05, 0) is 18.6 Å². The molecule has 23 heavy (non-hydrogen) atoms. The first kappa shape index (κ1) is 14.4. The van der Waals surface area contributed by atoms with Crippen molar-refractivity contribution in [1.82, 2.24) is 30.0 Å². The molecular weight excluding hydrogens is 328 g/mol. The van der Waals surface area contributed by atoms with E-state index in [1.165, 1.54) is 16.9 Å². The van der Waals surface area contributed by atoms with Crippen molar-refractivity contribution in [3.8, 4) is 10.7 Å². The third-order valence-corrected chi connectivity index (χ3v) is 5.24. The van der Waals surface area contributed by atoms with Gasteiger partial charge in [0.05, 0.1) is 5.75 Å². The highest BCUT2D eigenvalue weighted by atomic mass is 32.2. The van der Waals surface area contributed by atoms with Gasteiger partial charge < -0.3 is 0 Å². The Morgan fingerprint density at radius 3 is 2.83 bits per heavy atom. The van der Waals surface area contributed by atoms with Crippen LogP contribution in [-0.2, 0) is 11.5 Å². The predicted molar refractivity (Wildman–Crippen MR) is 92.4 cm³/mol. The van der Waals surface area contributed by atoms with Crippen LogP contribution in [0.25, 0.3) is 15.7 Å². The zero-order chi connectivity index (χ0) is 15.6. The van der Waals surface area contributed by atoms with Crippen molar-refractivity contribution in [3.05, 3.63) is 53.5 Å². The Bertz CT molecular complexity index is 924. The molecule has 0 unspecified atom stereocenters. The van der Waals surface area contributed by atoms with Crippen molar-refractivity contribution in [1.29, 1.82) is 0 Å². The summed E-state index contributed by atoms with van der Waals surface area (Å²) in [4.78, 5) is 0.802. The minimum atomic E-state index is 0.777. The predicted octanol–water partition coefficient (Wildman–Crippen LogP) is 3.32. The summed E-state index contributed by atoms with van der Waals surface area (Å²) in [6, 6.07) is 12.4. The quantitative estimate of drug-likeness (QED) is 0.602. The van der Waals surface area contributed by atoms with E-state index in [9.17, 15) is 0 Å². The normalized spacial score (nSPS) is 11.3. The van der Waals surface area contributed by atoms with E-state index in [4.69, 9.17) is 0 Å². The van der Waals surface area contributed by atoms with Crippen LogP contribution in [0.5, 0.6) is 0 Å². The number of rotatable bonds is 5. The zero-order valence-corrected chi connectivity index (χ0v) is 14.1. The van der Waals surface area contributed by atoms with Crippen LogP contribution in [0.1, 0.15) is 17.1 Å². The molecule has 0 saturated heterocycles. The number of aryl methyl sites for hydroxylation is 1. The smallest absolute Gasteiger partial charge is 0.235 e. The summed E-state index contributed by atoms with van der Waals surface area (Å²) in [5, 5.41) is 21.1. The van der Waals surface area contributed by atoms with Gasteiger partial charge in [-0.2, -0.15) is 14.7 Å². The number of nitrogens with one attached hydrogen (secondary N) is 1. The summed E-state index contributed by atoms with van der Waals surface area (Å²) in [6.07, 6.45) is 0. The Balaban J connectivity index is 1.50. The lowest BCUT2D eigenvalue weighted by Crippen LogP contribution is -1.94. The monoisotopic (exact) mass is 342 g/mol. The third-order valence-electron chi connectivity index (χ3n) is 3.32. The first-order valence-electron chi connectivity index (χ1n) is 7.15. The molecule has 1 aromatic carbocycles. The van der Waals surface area contributed by atoms with E-state index in [1.807, 2.05) is 35.3 Å². The molecule has 3 heterocycles. The number of nitrogens with zero attached hydrogens (tertiary/aromatic N) is 5. The van der Waals surface area contributed by atoms with E-state index in [0.717, 1.165) is 38.7 Å². The van der Waals surface area contributed by atoms with Gasteiger partial charge in [0.25, 0.3) is 0 Å². The highest BCUT2D eigenvalue weighted by Gasteiger charge is 2.14. The van der Waals surface area contributed by atoms with Crippen LogP contribution in [0.3, 0.4) is 0 Å². The minimum Gasteiger partial charge on any atom is -0.282 e. The maximum absolute atomic E-state index is 4.60. The fourth-order valence-electron chi connectivity index (χ4n) is 2.21. The van der Waals surface area contributed by atoms with Crippen LogP contribution in [0.4, 0.5) is 0 Å². The highest BCUT2D eigenvalue weighted by molar-refractivity contribution is 7.97. The number of aromatic amines is 1. The molecule has 0 aliphatic rings. The van der Waals surface area contributed by atoms with Crippen molar-refractivity contribution in [2.24, 2.45) is 0 Å². The number of thioether (sulfide) groups is 1. The number of benzene rings is 1. The molecule has 8 heteroatoms. The minimum absolute atomic E-state index is 0.777. The van der Waals surface area contributed by atoms with Crippen LogP contribution in [0.15, 0.2) is 36.4 Å². The van der Waals surface area contributed by atoms with Crippen LogP contribution >= 0.6 is 23.1 Å². The molecule has 6 nitrogen and oxygen atoms in total.